The van der Waals surface area contributed by atoms with E-state index in [1.165, 1.54) is 0 Å². The van der Waals surface area contributed by atoms with Crippen molar-refractivity contribution in [2.24, 2.45) is 5.92 Å². The molecule has 2 atom stereocenters. The number of hydrogen-bond acceptors (Lipinski definition) is 3. The fraction of sp³-hybridized carbons (Fsp3) is 0.389. The third-order valence-electron chi connectivity index (χ3n) is 3.57. The van der Waals surface area contributed by atoms with Crippen LogP contribution >= 0.6 is 15.9 Å². The molecule has 1 aromatic heterocycles. The molecule has 2 aromatic rings. The first-order valence-corrected chi connectivity index (χ1v) is 8.34. The lowest BCUT2D eigenvalue weighted by molar-refractivity contribution is 0.00485. The standard InChI is InChI=1S/C18H22BrNO2/c1-13(2)18(22-16-8-6-15(19)7-9-16)17(21)10-5-14-4-3-11-20-12-14/h3-4,6-9,11-13,17-18,21H,5,10H2,1-2H3/t17-,18-/m0/s1. The molecule has 0 saturated carbocycles. The Morgan fingerprint density at radius 2 is 1.91 bits per heavy atom. The molecule has 0 aliphatic carbocycles. The van der Waals surface area contributed by atoms with Crippen LogP contribution in [0.4, 0.5) is 0 Å². The van der Waals surface area contributed by atoms with Crippen molar-refractivity contribution < 1.29 is 9.84 Å². The van der Waals surface area contributed by atoms with Crippen molar-refractivity contribution in [3.63, 3.8) is 0 Å². The molecule has 0 aliphatic rings. The van der Waals surface area contributed by atoms with Gasteiger partial charge in [-0.15, -0.1) is 0 Å². The van der Waals surface area contributed by atoms with Gasteiger partial charge in [0.2, 0.25) is 0 Å². The molecule has 3 nitrogen and oxygen atoms in total. The minimum atomic E-state index is -0.510. The van der Waals surface area contributed by atoms with Gasteiger partial charge in [-0.1, -0.05) is 35.8 Å². The fourth-order valence-electron chi connectivity index (χ4n) is 2.35. The Morgan fingerprint density at radius 3 is 2.50 bits per heavy atom. The summed E-state index contributed by atoms with van der Waals surface area (Å²) in [5.41, 5.74) is 1.13. The summed E-state index contributed by atoms with van der Waals surface area (Å²) in [7, 11) is 0. The average Bonchev–Trinajstić information content (AvgIpc) is 2.52. The Bertz CT molecular complexity index is 557. The molecule has 0 radical (unpaired) electrons. The third-order valence-corrected chi connectivity index (χ3v) is 4.10. The van der Waals surface area contributed by atoms with Gasteiger partial charge >= 0.3 is 0 Å². The normalized spacial score (nSPS) is 13.9. The first kappa shape index (κ1) is 17.0. The second kappa shape index (κ2) is 8.30. The largest absolute Gasteiger partial charge is 0.487 e. The second-order valence-electron chi connectivity index (χ2n) is 5.75. The lowest BCUT2D eigenvalue weighted by atomic mass is 9.96. The van der Waals surface area contributed by atoms with Crippen molar-refractivity contribution in [1.29, 1.82) is 0 Å². The summed E-state index contributed by atoms with van der Waals surface area (Å²) in [4.78, 5) is 4.10. The van der Waals surface area contributed by atoms with Crippen LogP contribution < -0.4 is 4.74 Å². The minimum Gasteiger partial charge on any atom is -0.487 e. The first-order valence-electron chi connectivity index (χ1n) is 7.55. The van der Waals surface area contributed by atoms with E-state index in [0.717, 1.165) is 22.2 Å². The molecule has 0 unspecified atom stereocenters. The number of aliphatic hydroxyl groups excluding tert-OH is 1. The van der Waals surface area contributed by atoms with E-state index in [0.29, 0.717) is 6.42 Å². The summed E-state index contributed by atoms with van der Waals surface area (Å²) < 4.78 is 7.01. The van der Waals surface area contributed by atoms with Gasteiger partial charge in [0.1, 0.15) is 11.9 Å². The molecule has 1 N–H and O–H groups in total. The monoisotopic (exact) mass is 363 g/mol. The van der Waals surface area contributed by atoms with Gasteiger partial charge in [-0.2, -0.15) is 0 Å². The number of benzene rings is 1. The molecule has 118 valence electrons. The van der Waals surface area contributed by atoms with E-state index in [-0.39, 0.29) is 12.0 Å². The molecule has 1 aromatic carbocycles. The van der Waals surface area contributed by atoms with Gasteiger partial charge < -0.3 is 9.84 Å². The van der Waals surface area contributed by atoms with Crippen molar-refractivity contribution in [1.82, 2.24) is 4.98 Å². The van der Waals surface area contributed by atoms with Gasteiger partial charge in [0.25, 0.3) is 0 Å². The Balaban J connectivity index is 1.96. The topological polar surface area (TPSA) is 42.4 Å². The van der Waals surface area contributed by atoms with Gasteiger partial charge in [0.05, 0.1) is 6.10 Å². The quantitative estimate of drug-likeness (QED) is 0.799. The summed E-state index contributed by atoms with van der Waals surface area (Å²) in [5.74, 6) is 1.01. The average molecular weight is 364 g/mol. The smallest absolute Gasteiger partial charge is 0.127 e. The fourth-order valence-corrected chi connectivity index (χ4v) is 2.62. The molecule has 2 rings (SSSR count). The summed E-state index contributed by atoms with van der Waals surface area (Å²) in [5, 5.41) is 10.5. The minimum absolute atomic E-state index is 0.224. The predicted molar refractivity (Wildman–Crippen MR) is 92.0 cm³/mol. The molecule has 0 aliphatic heterocycles. The van der Waals surface area contributed by atoms with E-state index in [1.54, 1.807) is 6.20 Å². The van der Waals surface area contributed by atoms with Crippen LogP contribution in [0.15, 0.2) is 53.3 Å². The molecular formula is C18H22BrNO2. The molecule has 4 heteroatoms. The van der Waals surface area contributed by atoms with Crippen molar-refractivity contribution in [3.8, 4) is 5.75 Å². The number of aromatic nitrogens is 1. The van der Waals surface area contributed by atoms with Crippen molar-refractivity contribution in [2.75, 3.05) is 0 Å². The third kappa shape index (κ3) is 5.11. The second-order valence-corrected chi connectivity index (χ2v) is 6.66. The Morgan fingerprint density at radius 1 is 1.18 bits per heavy atom. The number of aliphatic hydroxyl groups is 1. The van der Waals surface area contributed by atoms with E-state index in [4.69, 9.17) is 4.74 Å². The highest BCUT2D eigenvalue weighted by molar-refractivity contribution is 9.10. The lowest BCUT2D eigenvalue weighted by Gasteiger charge is -2.27. The first-order chi connectivity index (χ1) is 10.6. The van der Waals surface area contributed by atoms with Crippen LogP contribution in [0.5, 0.6) is 5.75 Å². The van der Waals surface area contributed by atoms with Crippen LogP contribution in [-0.4, -0.2) is 22.3 Å². The molecular weight excluding hydrogens is 342 g/mol. The Hall–Kier alpha value is -1.39. The van der Waals surface area contributed by atoms with Crippen LogP contribution in [0.25, 0.3) is 0 Å². The zero-order valence-corrected chi connectivity index (χ0v) is 14.5. The van der Waals surface area contributed by atoms with Crippen molar-refractivity contribution in [3.05, 3.63) is 58.8 Å². The van der Waals surface area contributed by atoms with Crippen molar-refractivity contribution in [2.45, 2.75) is 38.9 Å². The highest BCUT2D eigenvalue weighted by Gasteiger charge is 2.24. The molecule has 1 heterocycles. The van der Waals surface area contributed by atoms with E-state index in [1.807, 2.05) is 42.6 Å². The predicted octanol–water partition coefficient (Wildman–Crippen LogP) is 4.24. The van der Waals surface area contributed by atoms with Gasteiger partial charge in [0, 0.05) is 16.9 Å². The zero-order chi connectivity index (χ0) is 15.9. The molecule has 0 spiro atoms. The lowest BCUT2D eigenvalue weighted by Crippen LogP contribution is -2.36. The van der Waals surface area contributed by atoms with Crippen LogP contribution in [0.1, 0.15) is 25.8 Å². The van der Waals surface area contributed by atoms with E-state index >= 15 is 0 Å². The van der Waals surface area contributed by atoms with Gasteiger partial charge in [-0.05, 0) is 54.7 Å². The van der Waals surface area contributed by atoms with Crippen LogP contribution in [0, 0.1) is 5.92 Å². The SMILES string of the molecule is CC(C)[C@H](Oc1ccc(Br)cc1)[C@@H](O)CCc1cccnc1. The van der Waals surface area contributed by atoms with E-state index in [9.17, 15) is 5.11 Å². The molecule has 0 saturated heterocycles. The Labute approximate surface area is 140 Å². The maximum atomic E-state index is 10.5. The maximum absolute atomic E-state index is 10.5. The van der Waals surface area contributed by atoms with Crippen LogP contribution in [0.3, 0.4) is 0 Å². The van der Waals surface area contributed by atoms with Gasteiger partial charge in [0.15, 0.2) is 0 Å². The number of ether oxygens (including phenoxy) is 1. The summed E-state index contributed by atoms with van der Waals surface area (Å²) in [6.45, 7) is 4.13. The zero-order valence-electron chi connectivity index (χ0n) is 12.9. The number of aryl methyl sites for hydroxylation is 1. The van der Waals surface area contributed by atoms with E-state index < -0.39 is 6.10 Å². The van der Waals surface area contributed by atoms with Crippen LogP contribution in [-0.2, 0) is 6.42 Å². The summed E-state index contributed by atoms with van der Waals surface area (Å²) in [6.07, 6.45) is 4.31. The number of hydrogen-bond donors (Lipinski definition) is 1. The van der Waals surface area contributed by atoms with Crippen LogP contribution in [0.2, 0.25) is 0 Å². The van der Waals surface area contributed by atoms with Crippen molar-refractivity contribution >= 4 is 15.9 Å². The number of rotatable bonds is 7. The number of pyridine rings is 1. The van der Waals surface area contributed by atoms with E-state index in [2.05, 4.69) is 34.8 Å². The summed E-state index contributed by atoms with van der Waals surface area (Å²) >= 11 is 3.41. The Kier molecular flexibility index (Phi) is 6.40. The maximum Gasteiger partial charge on any atom is 0.127 e. The number of nitrogens with zero attached hydrogens (tertiary/aromatic N) is 1. The highest BCUT2D eigenvalue weighted by Crippen LogP contribution is 2.22. The van der Waals surface area contributed by atoms with Gasteiger partial charge in [-0.25, -0.2) is 0 Å². The highest BCUT2D eigenvalue weighted by atomic mass is 79.9. The molecule has 0 bridgehead atoms. The molecule has 22 heavy (non-hydrogen) atoms. The van der Waals surface area contributed by atoms with Gasteiger partial charge in [-0.3, -0.25) is 4.98 Å². The molecule has 0 amide bonds. The summed E-state index contributed by atoms with van der Waals surface area (Å²) in [6, 6.07) is 11.6. The molecule has 0 fully saturated rings. The number of halogens is 1.